The van der Waals surface area contributed by atoms with Crippen LogP contribution in [0.25, 0.3) is 50.3 Å². The predicted molar refractivity (Wildman–Crippen MR) is 380 cm³/mol. The van der Waals surface area contributed by atoms with Crippen LogP contribution in [0, 0.1) is 17.8 Å². The first kappa shape index (κ1) is 67.3. The molecule has 0 radical (unpaired) electrons. The smallest absolute Gasteiger partial charge is 0.181 e. The van der Waals surface area contributed by atoms with Gasteiger partial charge in [0.05, 0.1) is 49.8 Å². The van der Waals surface area contributed by atoms with Gasteiger partial charge in [-0.3, -0.25) is 13.2 Å². The fraction of sp³-hybridized carbons (Fsp3) is 0.409. The molecule has 17 nitrogen and oxygen atoms in total. The van der Waals surface area contributed by atoms with Crippen molar-refractivity contribution in [3.8, 4) is 39.1 Å². The maximum absolute atomic E-state index is 6.60. The highest BCUT2D eigenvalue weighted by Crippen LogP contribution is 2.43. The van der Waals surface area contributed by atoms with Gasteiger partial charge in [0.1, 0.15) is 17.5 Å². The van der Waals surface area contributed by atoms with Gasteiger partial charge in [0.25, 0.3) is 0 Å². The van der Waals surface area contributed by atoms with E-state index >= 15 is 0 Å². The van der Waals surface area contributed by atoms with Gasteiger partial charge in [-0.25, -0.2) is 15.0 Å². The number of ether oxygens (including phenoxy) is 2. The molecule has 3 aromatic carbocycles. The molecule has 9 N–H and O–H groups in total. The van der Waals surface area contributed by atoms with Crippen LogP contribution in [0.1, 0.15) is 58.2 Å². The monoisotopic (exact) mass is 1360 g/mol. The molecule has 0 atom stereocenters. The number of anilines is 5. The summed E-state index contributed by atoms with van der Waals surface area (Å²) >= 11 is 40.2. The summed E-state index contributed by atoms with van der Waals surface area (Å²) in [5.74, 6) is 7.49. The number of nitrogens with two attached hydrogens (primary N) is 3. The fourth-order valence-electron chi connectivity index (χ4n) is 11.4. The van der Waals surface area contributed by atoms with Crippen molar-refractivity contribution in [3.05, 3.63) is 139 Å². The van der Waals surface area contributed by atoms with Gasteiger partial charge >= 0.3 is 0 Å². The molecule has 12 rings (SSSR count). The van der Waals surface area contributed by atoms with Crippen molar-refractivity contribution in [3.63, 3.8) is 0 Å². The quantitative estimate of drug-likeness (QED) is 0.0475. The Kier molecular flexibility index (Phi) is 23.1. The number of hydrogen-bond donors (Lipinski definition) is 6. The maximum atomic E-state index is 6.60. The van der Waals surface area contributed by atoms with E-state index in [1.807, 2.05) is 72.9 Å². The highest BCUT2D eigenvalue weighted by Gasteiger charge is 2.27. The first-order valence-electron chi connectivity index (χ1n) is 30.7. The van der Waals surface area contributed by atoms with Gasteiger partial charge in [-0.1, -0.05) is 129 Å². The number of nitrogens with one attached hydrogen (secondary N) is 3. The topological polar surface area (TPSA) is 194 Å². The third kappa shape index (κ3) is 15.2. The predicted octanol–water partition coefficient (Wildman–Crippen LogP) is 14.3. The largest absolute Gasteiger partial charge is 0.489 e. The zero-order valence-electron chi connectivity index (χ0n) is 51.9. The maximum Gasteiger partial charge on any atom is 0.181 e. The number of halogens is 6. The summed E-state index contributed by atoms with van der Waals surface area (Å²) in [6.07, 6.45) is 12.1. The number of pyridine rings is 3. The average molecular weight is 1360 g/mol. The van der Waals surface area contributed by atoms with E-state index in [0.717, 1.165) is 173 Å². The molecule has 480 valence electrons. The van der Waals surface area contributed by atoms with Crippen LogP contribution in [0.15, 0.2) is 91.8 Å². The molecule has 0 amide bonds. The molecule has 0 spiro atoms. The number of morpholine rings is 1. The third-order valence-corrected chi connectivity index (χ3v) is 18.5. The number of fused-ring (bicyclic) bond motifs is 3. The Morgan fingerprint density at radius 1 is 0.511 bits per heavy atom. The number of rotatable bonds is 18. The van der Waals surface area contributed by atoms with Crippen molar-refractivity contribution in [1.82, 2.24) is 33.5 Å². The Morgan fingerprint density at radius 2 is 0.900 bits per heavy atom. The second-order valence-corrected chi connectivity index (χ2v) is 27.5. The second-order valence-electron chi connectivity index (χ2n) is 23.7. The van der Waals surface area contributed by atoms with E-state index in [2.05, 4.69) is 97.8 Å². The van der Waals surface area contributed by atoms with Gasteiger partial charge in [0.15, 0.2) is 22.7 Å². The number of nitrogens with zero attached hydrogens (tertiary/aromatic N) is 9. The number of aromatic nitrogens is 6. The minimum atomic E-state index is 0.304. The van der Waals surface area contributed by atoms with E-state index in [1.165, 1.54) is 0 Å². The van der Waals surface area contributed by atoms with Crippen LogP contribution >= 0.6 is 81.4 Å². The first-order chi connectivity index (χ1) is 43.5. The lowest BCUT2D eigenvalue weighted by atomic mass is 10.00. The van der Waals surface area contributed by atoms with Gasteiger partial charge < -0.3 is 57.3 Å². The molecule has 3 fully saturated rings. The number of hydrogen-bond acceptors (Lipinski definition) is 15. The summed E-state index contributed by atoms with van der Waals surface area (Å²) in [5, 5.41) is 14.2. The summed E-state index contributed by atoms with van der Waals surface area (Å²) in [7, 11) is 0. The Labute approximate surface area is 562 Å². The molecule has 3 saturated heterocycles. The van der Waals surface area contributed by atoms with E-state index < -0.39 is 0 Å². The molecule has 9 heterocycles. The van der Waals surface area contributed by atoms with E-state index in [0.29, 0.717) is 93.1 Å². The normalized spacial score (nSPS) is 14.7. The summed E-state index contributed by atoms with van der Waals surface area (Å²) < 4.78 is 18.2. The van der Waals surface area contributed by atoms with Gasteiger partial charge in [-0.15, -0.1) is 0 Å². The van der Waals surface area contributed by atoms with Crippen molar-refractivity contribution in [2.24, 2.45) is 35.0 Å². The zero-order valence-corrected chi connectivity index (χ0v) is 57.2. The molecule has 0 saturated carbocycles. The Hall–Kier alpha value is -5.58. The molecule has 24 heteroatoms. The highest BCUT2D eigenvalue weighted by atomic mass is 35.5. The van der Waals surface area contributed by atoms with Gasteiger partial charge in [-0.05, 0) is 54.2 Å². The Bertz CT molecular complexity index is 3530. The minimum Gasteiger partial charge on any atom is -0.489 e. The Morgan fingerprint density at radius 3 is 1.30 bits per heavy atom. The van der Waals surface area contributed by atoms with Crippen molar-refractivity contribution >= 4 is 127 Å². The molecular weight excluding hydrogens is 1280 g/mol. The van der Waals surface area contributed by atoms with Crippen LogP contribution in [0.4, 0.5) is 28.8 Å². The molecule has 90 heavy (non-hydrogen) atoms. The lowest BCUT2D eigenvalue weighted by molar-refractivity contribution is 0.122. The van der Waals surface area contributed by atoms with Crippen LogP contribution in [-0.2, 0) is 24.4 Å². The van der Waals surface area contributed by atoms with Crippen molar-refractivity contribution in [1.29, 1.82) is 0 Å². The molecule has 9 aromatic rings. The fourth-order valence-corrected chi connectivity index (χ4v) is 13.8. The van der Waals surface area contributed by atoms with E-state index in [9.17, 15) is 0 Å². The second kappa shape index (κ2) is 30.9. The van der Waals surface area contributed by atoms with Gasteiger partial charge in [0, 0.05) is 195 Å². The van der Waals surface area contributed by atoms with Crippen LogP contribution in [0.5, 0.6) is 5.75 Å². The standard InChI is InChI=1S/C22H28Cl2N6.C22H27Cl2N5S.C22H26Cl2N4O2/c1-14(2)11-27-21-17(10-25)18(16-4-3-15(23)9-19(16)24)13-30-20(12-28-22(21)30)29-7-5-26-6-8-29;1-14(2)11-26-21-17(10-25)18(16-4-3-15(23)9-19(16)24)13-29-20(12-27-22(21)29)28-5-7-30-8-6-28;1-14(2)13-30-21-17(10-25)18(16-4-3-15(23)9-19(16)24)12-28-20(11-26-22(21)28)27-5-7-29-8-6-27/h3-4,9,12-14,26-27H,5-8,10-11,25H2,1-2H3;3-4,9,12-14,26H,5-8,10-11,25H2,1-2H3;3-4,9,11-12,14H,5-8,10,13,25H2,1-2H3. The molecule has 0 aliphatic carbocycles. The summed E-state index contributed by atoms with van der Waals surface area (Å²) in [6.45, 7) is 25.1. The molecule has 3 aliphatic rings. The Balaban J connectivity index is 0.000000148. The number of imidazole rings is 3. The lowest BCUT2D eigenvalue weighted by Crippen LogP contribution is -2.44. The van der Waals surface area contributed by atoms with Crippen molar-refractivity contribution in [2.75, 3.05) is 122 Å². The molecule has 6 aromatic heterocycles. The minimum absolute atomic E-state index is 0.304. The summed E-state index contributed by atoms with van der Waals surface area (Å²) in [6, 6.07) is 16.7. The third-order valence-electron chi connectivity index (χ3n) is 15.9. The first-order valence-corrected chi connectivity index (χ1v) is 34.2. The summed E-state index contributed by atoms with van der Waals surface area (Å²) in [5.41, 5.74) is 31.7. The van der Waals surface area contributed by atoms with E-state index in [-0.39, 0.29) is 0 Å². The summed E-state index contributed by atoms with van der Waals surface area (Å²) in [4.78, 5) is 21.3. The zero-order chi connectivity index (χ0) is 63.8. The molecule has 0 unspecified atom stereocenters. The van der Waals surface area contributed by atoms with E-state index in [4.69, 9.17) is 111 Å². The number of benzene rings is 3. The number of piperazine rings is 1. The van der Waals surface area contributed by atoms with Crippen LogP contribution in [0.2, 0.25) is 30.1 Å². The van der Waals surface area contributed by atoms with Crippen molar-refractivity contribution < 1.29 is 9.47 Å². The molecular formula is C66H81Cl6N15O2S. The van der Waals surface area contributed by atoms with Crippen molar-refractivity contribution in [2.45, 2.75) is 61.2 Å². The van der Waals surface area contributed by atoms with Crippen LogP contribution in [-0.4, -0.2) is 125 Å². The van der Waals surface area contributed by atoms with E-state index in [1.54, 1.807) is 18.2 Å². The van der Waals surface area contributed by atoms with Crippen LogP contribution in [0.3, 0.4) is 0 Å². The average Bonchev–Trinajstić information content (AvgIpc) is 1.57. The van der Waals surface area contributed by atoms with Gasteiger partial charge in [0.2, 0.25) is 0 Å². The van der Waals surface area contributed by atoms with Gasteiger partial charge in [-0.2, -0.15) is 11.8 Å². The highest BCUT2D eigenvalue weighted by molar-refractivity contribution is 7.99. The SMILES string of the molecule is CC(C)CNc1c(CN)c(-c2ccc(Cl)cc2Cl)cn2c(N3CCNCC3)cnc12.CC(C)CNc1c(CN)c(-c2ccc(Cl)cc2Cl)cn2c(N3CCSCC3)cnc12.CC(C)COc1c(CN)c(-c2ccc(Cl)cc2Cl)cn2c(N3CCOCC3)cnc12. The molecule has 3 aliphatic heterocycles. The van der Waals surface area contributed by atoms with Crippen LogP contribution < -0.4 is 52.6 Å². The number of thioether (sulfide) groups is 1. The molecule has 0 bridgehead atoms. The lowest BCUT2D eigenvalue weighted by Gasteiger charge is -2.29.